The average molecular weight is 298 g/mol. The van der Waals surface area contributed by atoms with Crippen LogP contribution < -0.4 is 9.24 Å². The number of hydrogen-bond acceptors (Lipinski definition) is 2. The van der Waals surface area contributed by atoms with Crippen LogP contribution in [0, 0.1) is 0 Å². The van der Waals surface area contributed by atoms with E-state index in [4.69, 9.17) is 0 Å². The fraction of sp³-hybridized carbons (Fsp3) is 0. The Morgan fingerprint density at radius 2 is 1.11 bits per heavy atom. The lowest BCUT2D eigenvalue weighted by molar-refractivity contribution is 1.86. The summed E-state index contributed by atoms with van der Waals surface area (Å²) in [6, 6.07) is 21.9. The predicted molar refractivity (Wildman–Crippen MR) is 91.2 cm³/mol. The van der Waals surface area contributed by atoms with Gasteiger partial charge in [-0.25, -0.2) is 0 Å². The molecule has 0 atom stereocenters. The first-order valence-electron chi connectivity index (χ1n) is 6.13. The molecule has 2 heterocycles. The lowest BCUT2D eigenvalue weighted by Gasteiger charge is -1.91. The maximum atomic E-state index is 2.34. The highest BCUT2D eigenvalue weighted by atomic mass is 32.1. The first kappa shape index (κ1) is 11.6. The number of rotatable bonds is 2. The molecule has 0 amide bonds. The zero-order valence-corrected chi connectivity index (χ0v) is 12.7. The summed E-state index contributed by atoms with van der Waals surface area (Å²) >= 11 is 3.84. The van der Waals surface area contributed by atoms with Crippen molar-refractivity contribution in [1.29, 1.82) is 0 Å². The zero-order chi connectivity index (χ0) is 12.7. The van der Waals surface area contributed by atoms with Gasteiger partial charge in [0.25, 0.3) is 0 Å². The van der Waals surface area contributed by atoms with E-state index in [2.05, 4.69) is 60.7 Å². The Morgan fingerprint density at radius 1 is 0.632 bits per heavy atom. The SMILES string of the molecule is c1ccc2sc(Pc3cc4ccccc4s3)cc2c1. The van der Waals surface area contributed by atoms with Crippen LogP contribution in [0.5, 0.6) is 0 Å². The molecule has 0 radical (unpaired) electrons. The Kier molecular flexibility index (Phi) is 2.88. The van der Waals surface area contributed by atoms with E-state index in [-0.39, 0.29) is 0 Å². The lowest BCUT2D eigenvalue weighted by atomic mass is 10.3. The molecular weight excluding hydrogens is 287 g/mol. The highest BCUT2D eigenvalue weighted by molar-refractivity contribution is 7.69. The summed E-state index contributed by atoms with van der Waals surface area (Å²) in [6.45, 7) is 0. The van der Waals surface area contributed by atoms with Crippen molar-refractivity contribution in [3.63, 3.8) is 0 Å². The van der Waals surface area contributed by atoms with E-state index >= 15 is 0 Å². The van der Waals surface area contributed by atoms with Gasteiger partial charge in [-0.2, -0.15) is 0 Å². The van der Waals surface area contributed by atoms with Crippen molar-refractivity contribution in [2.24, 2.45) is 0 Å². The number of benzene rings is 2. The van der Waals surface area contributed by atoms with Gasteiger partial charge < -0.3 is 0 Å². The summed E-state index contributed by atoms with van der Waals surface area (Å²) in [5, 5.41) is 2.74. The van der Waals surface area contributed by atoms with Crippen molar-refractivity contribution in [2.75, 3.05) is 0 Å². The maximum Gasteiger partial charge on any atom is 0.0349 e. The standard InChI is InChI=1S/C16H11PS2/c1-3-7-13-11(5-1)9-15(18-13)17-16-10-12-6-2-4-8-14(12)19-16/h1-10,17H. The average Bonchev–Trinajstić information content (AvgIpc) is 3.00. The van der Waals surface area contributed by atoms with Crippen LogP contribution in [0.1, 0.15) is 0 Å². The minimum Gasteiger partial charge on any atom is -0.135 e. The molecule has 2 aromatic carbocycles. The molecule has 0 unspecified atom stereocenters. The van der Waals surface area contributed by atoms with Crippen LogP contribution in [0.15, 0.2) is 60.7 Å². The zero-order valence-electron chi connectivity index (χ0n) is 10.1. The molecule has 2 aromatic heterocycles. The fourth-order valence-electron chi connectivity index (χ4n) is 2.21. The Balaban J connectivity index is 1.73. The van der Waals surface area contributed by atoms with Crippen LogP contribution in [0.25, 0.3) is 20.2 Å². The lowest BCUT2D eigenvalue weighted by Crippen LogP contribution is -1.92. The molecule has 0 spiro atoms. The molecule has 0 aliphatic rings. The molecule has 3 heteroatoms. The molecule has 0 nitrogen and oxygen atoms in total. The molecule has 0 saturated heterocycles. The van der Waals surface area contributed by atoms with E-state index in [0.717, 1.165) is 8.58 Å². The van der Waals surface area contributed by atoms with E-state index in [1.807, 2.05) is 22.7 Å². The fourth-order valence-corrected chi connectivity index (χ4v) is 6.46. The largest absolute Gasteiger partial charge is 0.135 e. The molecule has 0 fully saturated rings. The van der Waals surface area contributed by atoms with Gasteiger partial charge in [0.2, 0.25) is 0 Å². The second-order valence-corrected chi connectivity index (χ2v) is 8.64. The molecule has 92 valence electrons. The minimum atomic E-state index is 0.780. The maximum absolute atomic E-state index is 2.34. The van der Waals surface area contributed by atoms with Crippen LogP contribution in [0.2, 0.25) is 0 Å². The van der Waals surface area contributed by atoms with Gasteiger partial charge in [-0.1, -0.05) is 36.4 Å². The molecule has 0 aliphatic carbocycles. The predicted octanol–water partition coefficient (Wildman–Crippen LogP) is 4.75. The quantitative estimate of drug-likeness (QED) is 0.469. The summed E-state index contributed by atoms with van der Waals surface area (Å²) in [5.41, 5.74) is 0. The van der Waals surface area contributed by atoms with E-state index in [9.17, 15) is 0 Å². The van der Waals surface area contributed by atoms with Gasteiger partial charge in [0, 0.05) is 18.6 Å². The van der Waals surface area contributed by atoms with Crippen molar-refractivity contribution in [3.05, 3.63) is 60.7 Å². The van der Waals surface area contributed by atoms with Crippen LogP contribution in [0.4, 0.5) is 0 Å². The van der Waals surface area contributed by atoms with Crippen LogP contribution in [-0.4, -0.2) is 0 Å². The van der Waals surface area contributed by atoms with E-state index in [1.165, 1.54) is 29.4 Å². The van der Waals surface area contributed by atoms with Crippen LogP contribution >= 0.6 is 31.3 Å². The van der Waals surface area contributed by atoms with Crippen molar-refractivity contribution < 1.29 is 0 Å². The third-order valence-corrected chi connectivity index (χ3v) is 6.96. The first-order chi connectivity index (χ1) is 9.38. The summed E-state index contributed by atoms with van der Waals surface area (Å²) in [7, 11) is 0.780. The number of hydrogen-bond donors (Lipinski definition) is 0. The normalized spacial score (nSPS) is 11.4. The second kappa shape index (κ2) is 4.72. The summed E-state index contributed by atoms with van der Waals surface area (Å²) < 4.78 is 5.75. The van der Waals surface area contributed by atoms with Gasteiger partial charge in [-0.3, -0.25) is 0 Å². The van der Waals surface area contributed by atoms with Crippen molar-refractivity contribution in [3.8, 4) is 0 Å². The Labute approximate surface area is 121 Å². The van der Waals surface area contributed by atoms with Crippen LogP contribution in [-0.2, 0) is 0 Å². The monoisotopic (exact) mass is 298 g/mol. The van der Waals surface area contributed by atoms with Gasteiger partial charge in [-0.05, 0) is 43.6 Å². The Bertz CT molecular complexity index is 719. The van der Waals surface area contributed by atoms with Crippen molar-refractivity contribution in [2.45, 2.75) is 0 Å². The van der Waals surface area contributed by atoms with Crippen molar-refractivity contribution in [1.82, 2.24) is 0 Å². The van der Waals surface area contributed by atoms with Crippen LogP contribution in [0.3, 0.4) is 0 Å². The smallest absolute Gasteiger partial charge is 0.0349 e. The number of thiophene rings is 2. The second-order valence-electron chi connectivity index (χ2n) is 4.42. The topological polar surface area (TPSA) is 0 Å². The summed E-state index contributed by atoms with van der Waals surface area (Å²) in [4.78, 5) is 0. The minimum absolute atomic E-state index is 0.780. The molecule has 0 saturated carbocycles. The van der Waals surface area contributed by atoms with Gasteiger partial charge in [0.15, 0.2) is 0 Å². The third kappa shape index (κ3) is 2.21. The molecule has 0 aliphatic heterocycles. The molecule has 0 N–H and O–H groups in total. The van der Waals surface area contributed by atoms with Crippen molar-refractivity contribution >= 4 is 60.7 Å². The molecule has 0 bridgehead atoms. The highest BCUT2D eigenvalue weighted by Crippen LogP contribution is 2.29. The molecule has 4 rings (SSSR count). The highest BCUT2D eigenvalue weighted by Gasteiger charge is 2.05. The Hall–Kier alpha value is -1.21. The van der Waals surface area contributed by atoms with Gasteiger partial charge in [0.1, 0.15) is 0 Å². The van der Waals surface area contributed by atoms with E-state index in [0.29, 0.717) is 0 Å². The molecule has 19 heavy (non-hydrogen) atoms. The van der Waals surface area contributed by atoms with E-state index in [1.54, 1.807) is 0 Å². The van der Waals surface area contributed by atoms with Gasteiger partial charge >= 0.3 is 0 Å². The van der Waals surface area contributed by atoms with Gasteiger partial charge in [0.05, 0.1) is 0 Å². The molecule has 4 aromatic rings. The van der Waals surface area contributed by atoms with E-state index < -0.39 is 0 Å². The Morgan fingerprint density at radius 3 is 1.58 bits per heavy atom. The van der Waals surface area contributed by atoms with Gasteiger partial charge in [-0.15, -0.1) is 22.7 Å². The number of fused-ring (bicyclic) bond motifs is 2. The summed E-state index contributed by atoms with van der Waals surface area (Å²) in [5.74, 6) is 0. The summed E-state index contributed by atoms with van der Waals surface area (Å²) in [6.07, 6.45) is 0. The third-order valence-electron chi connectivity index (χ3n) is 3.10. The molecular formula is C16H11PS2. The first-order valence-corrected chi connectivity index (χ1v) is 8.76.